The molecule has 9 nitrogen and oxygen atoms in total. The standard InChI is InChI=1S/C45H78NO8P/c1-3-5-7-9-11-13-15-17-19-20-21-22-24-26-28-30-32-34-36-38-45(48)54-43(42-53-55(49,50)52-40-39-46)41-51-44(47)37-35-33-31-29-27-25-23-18-16-14-12-10-8-6-4-2/h11,13-14,16-17,19,21-22,26,28,32,34,43H,3-10,12,15,18,20,23-25,27,29-31,33,35-42,46H2,1-2H3,(H,49,50). The van der Waals surface area contributed by atoms with Crippen molar-refractivity contribution in [1.82, 2.24) is 0 Å². The van der Waals surface area contributed by atoms with Crippen LogP contribution >= 0.6 is 7.82 Å². The van der Waals surface area contributed by atoms with E-state index in [0.717, 1.165) is 51.4 Å². The zero-order valence-electron chi connectivity index (χ0n) is 34.6. The molecule has 316 valence electrons. The fourth-order valence-corrected chi connectivity index (χ4v) is 6.14. The number of phosphoric ester groups is 1. The maximum atomic E-state index is 12.5. The minimum Gasteiger partial charge on any atom is -0.462 e. The highest BCUT2D eigenvalue weighted by atomic mass is 31.2. The van der Waals surface area contributed by atoms with Gasteiger partial charge in [0.05, 0.1) is 13.2 Å². The van der Waals surface area contributed by atoms with Gasteiger partial charge in [0, 0.05) is 19.4 Å². The fourth-order valence-electron chi connectivity index (χ4n) is 5.37. The molecular formula is C45H78NO8P. The van der Waals surface area contributed by atoms with E-state index in [4.69, 9.17) is 24.3 Å². The van der Waals surface area contributed by atoms with Crippen LogP contribution in [0.2, 0.25) is 0 Å². The largest absolute Gasteiger partial charge is 0.472 e. The van der Waals surface area contributed by atoms with Crippen molar-refractivity contribution in [3.63, 3.8) is 0 Å². The lowest BCUT2D eigenvalue weighted by atomic mass is 10.1. The number of hydrogen-bond acceptors (Lipinski definition) is 8. The van der Waals surface area contributed by atoms with Gasteiger partial charge in [-0.3, -0.25) is 18.6 Å². The summed E-state index contributed by atoms with van der Waals surface area (Å²) in [7, 11) is -4.40. The Hall–Kier alpha value is -2.55. The van der Waals surface area contributed by atoms with Crippen LogP contribution < -0.4 is 5.73 Å². The van der Waals surface area contributed by atoms with Gasteiger partial charge >= 0.3 is 19.8 Å². The average molecular weight is 792 g/mol. The van der Waals surface area contributed by atoms with E-state index in [1.165, 1.54) is 77.0 Å². The number of phosphoric acid groups is 1. The molecule has 3 N–H and O–H groups in total. The highest BCUT2D eigenvalue weighted by Crippen LogP contribution is 2.43. The number of nitrogens with two attached hydrogens (primary N) is 1. The smallest absolute Gasteiger partial charge is 0.462 e. The molecule has 0 aliphatic rings. The van der Waals surface area contributed by atoms with Crippen molar-refractivity contribution in [2.75, 3.05) is 26.4 Å². The second kappa shape index (κ2) is 41.1. The van der Waals surface area contributed by atoms with Crippen molar-refractivity contribution in [2.45, 2.75) is 174 Å². The van der Waals surface area contributed by atoms with E-state index in [2.05, 4.69) is 74.6 Å². The van der Waals surface area contributed by atoms with E-state index in [9.17, 15) is 19.0 Å². The SMILES string of the molecule is CCCCCC=CCC=CCC=CCC=CCC=CCCC(=O)OC(COC(=O)CCCCCCCCCC=CCCCCCC)COP(=O)(O)OCCN. The van der Waals surface area contributed by atoms with E-state index in [1.54, 1.807) is 0 Å². The van der Waals surface area contributed by atoms with Gasteiger partial charge in [-0.1, -0.05) is 151 Å². The van der Waals surface area contributed by atoms with Gasteiger partial charge in [-0.15, -0.1) is 0 Å². The van der Waals surface area contributed by atoms with Crippen LogP contribution in [0.5, 0.6) is 0 Å². The van der Waals surface area contributed by atoms with Gasteiger partial charge in [0.15, 0.2) is 6.10 Å². The number of hydrogen-bond donors (Lipinski definition) is 2. The third kappa shape index (κ3) is 40.9. The van der Waals surface area contributed by atoms with Gasteiger partial charge < -0.3 is 20.1 Å². The lowest BCUT2D eigenvalue weighted by molar-refractivity contribution is -0.161. The van der Waals surface area contributed by atoms with Crippen molar-refractivity contribution in [3.8, 4) is 0 Å². The van der Waals surface area contributed by atoms with Gasteiger partial charge in [0.2, 0.25) is 0 Å². The van der Waals surface area contributed by atoms with Crippen molar-refractivity contribution in [2.24, 2.45) is 5.73 Å². The predicted molar refractivity (Wildman–Crippen MR) is 229 cm³/mol. The maximum Gasteiger partial charge on any atom is 0.472 e. The summed E-state index contributed by atoms with van der Waals surface area (Å²) in [5, 5.41) is 0. The van der Waals surface area contributed by atoms with Crippen molar-refractivity contribution < 1.29 is 37.6 Å². The summed E-state index contributed by atoms with van der Waals surface area (Å²) >= 11 is 0. The van der Waals surface area contributed by atoms with Crippen LogP contribution in [0.15, 0.2) is 72.9 Å². The molecule has 10 heteroatoms. The molecule has 0 rings (SSSR count). The van der Waals surface area contributed by atoms with Crippen LogP contribution in [0.1, 0.15) is 168 Å². The highest BCUT2D eigenvalue weighted by Gasteiger charge is 2.25. The molecule has 0 aliphatic heterocycles. The Labute approximate surface area is 335 Å². The molecule has 0 fully saturated rings. The quantitative estimate of drug-likeness (QED) is 0.0270. The van der Waals surface area contributed by atoms with Gasteiger partial charge in [0.1, 0.15) is 6.61 Å². The molecule has 0 amide bonds. The zero-order valence-corrected chi connectivity index (χ0v) is 35.5. The van der Waals surface area contributed by atoms with E-state index in [-0.39, 0.29) is 32.6 Å². The van der Waals surface area contributed by atoms with Crippen LogP contribution in [0.25, 0.3) is 0 Å². The molecule has 0 bridgehead atoms. The fraction of sp³-hybridized carbons (Fsp3) is 0.689. The number of unbranched alkanes of at least 4 members (excludes halogenated alkanes) is 14. The molecule has 0 heterocycles. The summed E-state index contributed by atoms with van der Waals surface area (Å²) in [6.07, 6.45) is 49.4. The molecule has 2 atom stereocenters. The predicted octanol–water partition coefficient (Wildman–Crippen LogP) is 12.3. The Morgan fingerprint density at radius 1 is 0.545 bits per heavy atom. The van der Waals surface area contributed by atoms with E-state index < -0.39 is 32.5 Å². The number of carbonyl (C=O) groups excluding carboxylic acids is 2. The van der Waals surface area contributed by atoms with Crippen LogP contribution in [-0.2, 0) is 32.7 Å². The Kier molecular flexibility index (Phi) is 39.2. The first kappa shape index (κ1) is 52.5. The van der Waals surface area contributed by atoms with Gasteiger partial charge in [-0.2, -0.15) is 0 Å². The van der Waals surface area contributed by atoms with Crippen molar-refractivity contribution in [1.29, 1.82) is 0 Å². The average Bonchev–Trinajstić information content (AvgIpc) is 3.17. The van der Waals surface area contributed by atoms with Gasteiger partial charge in [-0.05, 0) is 77.0 Å². The van der Waals surface area contributed by atoms with Crippen molar-refractivity contribution in [3.05, 3.63) is 72.9 Å². The normalized spacial score (nSPS) is 14.0. The van der Waals surface area contributed by atoms with Crippen LogP contribution in [-0.4, -0.2) is 49.3 Å². The van der Waals surface area contributed by atoms with E-state index in [1.807, 2.05) is 12.2 Å². The third-order valence-electron chi connectivity index (χ3n) is 8.58. The second-order valence-corrected chi connectivity index (χ2v) is 15.3. The topological polar surface area (TPSA) is 134 Å². The molecule has 0 radical (unpaired) electrons. The summed E-state index contributed by atoms with van der Waals surface area (Å²) in [5.41, 5.74) is 5.34. The Morgan fingerprint density at radius 3 is 1.53 bits per heavy atom. The zero-order chi connectivity index (χ0) is 40.3. The summed E-state index contributed by atoms with van der Waals surface area (Å²) < 4.78 is 32.7. The first-order chi connectivity index (χ1) is 26.8. The molecule has 0 aromatic heterocycles. The summed E-state index contributed by atoms with van der Waals surface area (Å²) in [5.74, 6) is -0.935. The lowest BCUT2D eigenvalue weighted by Gasteiger charge is -2.19. The maximum absolute atomic E-state index is 12.5. The lowest BCUT2D eigenvalue weighted by Crippen LogP contribution is -2.29. The summed E-state index contributed by atoms with van der Waals surface area (Å²) in [4.78, 5) is 34.8. The van der Waals surface area contributed by atoms with E-state index in [0.29, 0.717) is 12.8 Å². The van der Waals surface area contributed by atoms with E-state index >= 15 is 0 Å². The number of carbonyl (C=O) groups is 2. The van der Waals surface area contributed by atoms with Crippen LogP contribution in [0.3, 0.4) is 0 Å². The van der Waals surface area contributed by atoms with Crippen molar-refractivity contribution >= 4 is 19.8 Å². The first-order valence-corrected chi connectivity index (χ1v) is 22.9. The number of esters is 2. The molecule has 55 heavy (non-hydrogen) atoms. The Morgan fingerprint density at radius 2 is 0.982 bits per heavy atom. The second-order valence-electron chi connectivity index (χ2n) is 13.8. The number of rotatable bonds is 39. The molecule has 2 unspecified atom stereocenters. The molecular weight excluding hydrogens is 713 g/mol. The molecule has 0 saturated carbocycles. The molecule has 0 saturated heterocycles. The highest BCUT2D eigenvalue weighted by molar-refractivity contribution is 7.47. The Bertz CT molecular complexity index is 1130. The summed E-state index contributed by atoms with van der Waals surface area (Å²) in [6.45, 7) is 3.59. The summed E-state index contributed by atoms with van der Waals surface area (Å²) in [6, 6.07) is 0. The molecule has 0 aromatic rings. The minimum atomic E-state index is -4.40. The Balaban J connectivity index is 4.32. The first-order valence-electron chi connectivity index (χ1n) is 21.4. The van der Waals surface area contributed by atoms with Crippen LogP contribution in [0.4, 0.5) is 0 Å². The monoisotopic (exact) mass is 792 g/mol. The number of ether oxygens (including phenoxy) is 2. The molecule has 0 aromatic carbocycles. The number of allylic oxidation sites excluding steroid dienone is 12. The molecule has 0 aliphatic carbocycles. The molecule has 0 spiro atoms. The van der Waals surface area contributed by atoms with Gasteiger partial charge in [0.25, 0.3) is 0 Å². The van der Waals surface area contributed by atoms with Crippen LogP contribution in [0, 0.1) is 0 Å². The van der Waals surface area contributed by atoms with Gasteiger partial charge in [-0.25, -0.2) is 4.57 Å². The minimum absolute atomic E-state index is 0.0385. The third-order valence-corrected chi connectivity index (χ3v) is 9.56.